The van der Waals surface area contributed by atoms with Crippen LogP contribution < -0.4 is 15.2 Å². The van der Waals surface area contributed by atoms with Gasteiger partial charge in [0.25, 0.3) is 0 Å². The van der Waals surface area contributed by atoms with E-state index in [1.54, 1.807) is 37.7 Å². The maximum absolute atomic E-state index is 13.7. The van der Waals surface area contributed by atoms with Gasteiger partial charge in [-0.3, -0.25) is 4.98 Å². The minimum absolute atomic E-state index is 0.192. The zero-order valence-corrected chi connectivity index (χ0v) is 10.8. The Morgan fingerprint density at radius 2 is 1.89 bits per heavy atom. The number of benzene rings is 1. The number of hydrogen-bond donors (Lipinski definition) is 1. The molecule has 19 heavy (non-hydrogen) atoms. The Kier molecular flexibility index (Phi) is 3.97. The Morgan fingerprint density at radius 3 is 2.53 bits per heavy atom. The lowest BCUT2D eigenvalue weighted by Gasteiger charge is -2.16. The highest BCUT2D eigenvalue weighted by atomic mass is 19.1. The molecular weight excluding hydrogens is 247 g/mol. The molecule has 1 unspecified atom stereocenters. The van der Waals surface area contributed by atoms with Crippen LogP contribution >= 0.6 is 0 Å². The summed E-state index contributed by atoms with van der Waals surface area (Å²) in [4.78, 5) is 3.96. The van der Waals surface area contributed by atoms with E-state index in [9.17, 15) is 4.39 Å². The molecule has 0 aliphatic heterocycles. The molecule has 0 fully saturated rings. The van der Waals surface area contributed by atoms with E-state index in [4.69, 9.17) is 15.2 Å². The molecule has 2 rings (SSSR count). The van der Waals surface area contributed by atoms with Crippen molar-refractivity contribution in [1.29, 1.82) is 0 Å². The number of pyridine rings is 1. The lowest BCUT2D eigenvalue weighted by molar-refractivity contribution is 0.386. The molecule has 0 bridgehead atoms. The summed E-state index contributed by atoms with van der Waals surface area (Å²) in [6.45, 7) is 0. The number of halogens is 1. The normalized spacial score (nSPS) is 12.0. The van der Waals surface area contributed by atoms with Crippen molar-refractivity contribution < 1.29 is 13.9 Å². The first-order chi connectivity index (χ1) is 9.17. The Morgan fingerprint density at radius 1 is 1.16 bits per heavy atom. The molecule has 0 amide bonds. The van der Waals surface area contributed by atoms with E-state index in [0.29, 0.717) is 11.3 Å². The lowest BCUT2D eigenvalue weighted by atomic mass is 9.99. The first kappa shape index (κ1) is 13.3. The van der Waals surface area contributed by atoms with Gasteiger partial charge in [0.2, 0.25) is 0 Å². The topological polar surface area (TPSA) is 57.4 Å². The van der Waals surface area contributed by atoms with E-state index >= 15 is 0 Å². The van der Waals surface area contributed by atoms with E-state index in [1.165, 1.54) is 13.2 Å². The molecule has 0 aliphatic carbocycles. The number of rotatable bonds is 4. The first-order valence-corrected chi connectivity index (χ1v) is 5.74. The molecule has 0 radical (unpaired) electrons. The van der Waals surface area contributed by atoms with Crippen LogP contribution in [0.25, 0.3) is 0 Å². The van der Waals surface area contributed by atoms with Gasteiger partial charge in [-0.1, -0.05) is 6.07 Å². The number of ether oxygens (including phenoxy) is 2. The summed E-state index contributed by atoms with van der Waals surface area (Å²) in [5.41, 5.74) is 7.53. The fraction of sp³-hybridized carbons (Fsp3) is 0.214. The molecule has 0 aliphatic rings. The Labute approximate surface area is 111 Å². The average molecular weight is 262 g/mol. The van der Waals surface area contributed by atoms with Gasteiger partial charge in [-0.15, -0.1) is 0 Å². The van der Waals surface area contributed by atoms with Crippen molar-refractivity contribution in [2.45, 2.75) is 6.04 Å². The Balaban J connectivity index is 2.38. The maximum atomic E-state index is 13.7. The van der Waals surface area contributed by atoms with Gasteiger partial charge in [0.15, 0.2) is 11.6 Å². The first-order valence-electron chi connectivity index (χ1n) is 5.74. The molecule has 4 nitrogen and oxygen atoms in total. The van der Waals surface area contributed by atoms with E-state index in [0.717, 1.165) is 5.56 Å². The third-order valence-electron chi connectivity index (χ3n) is 2.91. The van der Waals surface area contributed by atoms with Crippen molar-refractivity contribution in [3.05, 3.63) is 53.6 Å². The second-order valence-corrected chi connectivity index (χ2v) is 3.99. The second-order valence-electron chi connectivity index (χ2n) is 3.99. The summed E-state index contributed by atoms with van der Waals surface area (Å²) in [5.74, 6) is 0.326. The number of nitrogens with zero attached hydrogens (tertiary/aromatic N) is 1. The molecule has 1 atom stereocenters. The third-order valence-corrected chi connectivity index (χ3v) is 2.91. The molecule has 5 heteroatoms. The molecule has 2 N–H and O–H groups in total. The number of nitrogens with two attached hydrogens (primary N) is 1. The summed E-state index contributed by atoms with van der Waals surface area (Å²) in [5, 5.41) is 0. The fourth-order valence-electron chi connectivity index (χ4n) is 1.87. The molecule has 0 spiro atoms. The zero-order valence-electron chi connectivity index (χ0n) is 10.8. The summed E-state index contributed by atoms with van der Waals surface area (Å²) in [7, 11) is 2.96. The molecule has 1 heterocycles. The number of hydrogen-bond acceptors (Lipinski definition) is 4. The van der Waals surface area contributed by atoms with E-state index in [-0.39, 0.29) is 5.75 Å². The van der Waals surface area contributed by atoms with Crippen LogP contribution in [0.3, 0.4) is 0 Å². The molecule has 100 valence electrons. The van der Waals surface area contributed by atoms with Gasteiger partial charge in [0.1, 0.15) is 5.75 Å². The van der Waals surface area contributed by atoms with Gasteiger partial charge in [0.05, 0.1) is 26.5 Å². The quantitative estimate of drug-likeness (QED) is 0.918. The highest BCUT2D eigenvalue weighted by molar-refractivity contribution is 5.41. The molecule has 0 saturated carbocycles. The predicted molar refractivity (Wildman–Crippen MR) is 69.8 cm³/mol. The van der Waals surface area contributed by atoms with E-state index in [1.807, 2.05) is 0 Å². The minimum atomic E-state index is -0.488. The van der Waals surface area contributed by atoms with Gasteiger partial charge in [-0.05, 0) is 23.8 Å². The van der Waals surface area contributed by atoms with Gasteiger partial charge >= 0.3 is 0 Å². The highest BCUT2D eigenvalue weighted by Crippen LogP contribution is 2.29. The Bertz CT molecular complexity index is 575. The standard InChI is InChI=1S/C14H15FN2O2/c1-18-12-4-3-9(7-11(12)15)14(16)10-5-6-17-8-13(10)19-2/h3-8,14H,16H2,1-2H3. The monoisotopic (exact) mass is 262 g/mol. The van der Waals surface area contributed by atoms with Gasteiger partial charge in [-0.25, -0.2) is 4.39 Å². The van der Waals surface area contributed by atoms with Crippen LogP contribution in [0, 0.1) is 5.82 Å². The van der Waals surface area contributed by atoms with Crippen LogP contribution in [0.5, 0.6) is 11.5 Å². The Hall–Kier alpha value is -2.14. The highest BCUT2D eigenvalue weighted by Gasteiger charge is 2.15. The van der Waals surface area contributed by atoms with Gasteiger partial charge in [0, 0.05) is 11.8 Å². The number of methoxy groups -OCH3 is 2. The summed E-state index contributed by atoms with van der Waals surface area (Å²) >= 11 is 0. The molecule has 1 aromatic heterocycles. The van der Waals surface area contributed by atoms with Gasteiger partial charge in [-0.2, -0.15) is 0 Å². The van der Waals surface area contributed by atoms with Crippen molar-refractivity contribution in [2.75, 3.05) is 14.2 Å². The summed E-state index contributed by atoms with van der Waals surface area (Å²) in [6.07, 6.45) is 3.20. The van der Waals surface area contributed by atoms with Crippen LogP contribution in [0.15, 0.2) is 36.7 Å². The largest absolute Gasteiger partial charge is 0.495 e. The van der Waals surface area contributed by atoms with Crippen LogP contribution in [0.2, 0.25) is 0 Å². The van der Waals surface area contributed by atoms with Crippen LogP contribution in [-0.4, -0.2) is 19.2 Å². The van der Waals surface area contributed by atoms with Crippen LogP contribution in [0.1, 0.15) is 17.2 Å². The lowest BCUT2D eigenvalue weighted by Crippen LogP contribution is -2.13. The molecular formula is C14H15FN2O2. The fourth-order valence-corrected chi connectivity index (χ4v) is 1.87. The van der Waals surface area contributed by atoms with E-state index in [2.05, 4.69) is 4.98 Å². The summed E-state index contributed by atoms with van der Waals surface area (Å²) in [6, 6.07) is 5.91. The second kappa shape index (κ2) is 5.67. The molecule has 0 saturated heterocycles. The van der Waals surface area contributed by atoms with Crippen molar-refractivity contribution in [2.24, 2.45) is 5.73 Å². The van der Waals surface area contributed by atoms with Crippen LogP contribution in [0.4, 0.5) is 4.39 Å². The minimum Gasteiger partial charge on any atom is -0.495 e. The van der Waals surface area contributed by atoms with Crippen molar-refractivity contribution in [1.82, 2.24) is 4.98 Å². The van der Waals surface area contributed by atoms with Gasteiger partial charge < -0.3 is 15.2 Å². The smallest absolute Gasteiger partial charge is 0.165 e. The van der Waals surface area contributed by atoms with Crippen molar-refractivity contribution in [3.8, 4) is 11.5 Å². The SMILES string of the molecule is COc1ccc(C(N)c2ccncc2OC)cc1F. The molecule has 2 aromatic rings. The zero-order chi connectivity index (χ0) is 13.8. The maximum Gasteiger partial charge on any atom is 0.165 e. The number of aromatic nitrogens is 1. The van der Waals surface area contributed by atoms with Crippen molar-refractivity contribution >= 4 is 0 Å². The van der Waals surface area contributed by atoms with Crippen molar-refractivity contribution in [3.63, 3.8) is 0 Å². The predicted octanol–water partition coefficient (Wildman–Crippen LogP) is 2.29. The summed E-state index contributed by atoms with van der Waals surface area (Å²) < 4.78 is 23.8. The van der Waals surface area contributed by atoms with Crippen LogP contribution in [-0.2, 0) is 0 Å². The van der Waals surface area contributed by atoms with E-state index < -0.39 is 11.9 Å². The third kappa shape index (κ3) is 2.66. The molecule has 1 aromatic carbocycles. The average Bonchev–Trinajstić information content (AvgIpc) is 2.46.